The highest BCUT2D eigenvalue weighted by atomic mass is 16.5. The average molecular weight is 494 g/mol. The number of carbonyl (C=O) groups excluding carboxylic acids is 1. The van der Waals surface area contributed by atoms with Gasteiger partial charge in [-0.15, -0.1) is 0 Å². The average Bonchev–Trinajstić information content (AvgIpc) is 3.31. The largest absolute Gasteiger partial charge is 0.469 e. The van der Waals surface area contributed by atoms with Gasteiger partial charge in [0, 0.05) is 39.1 Å². The summed E-state index contributed by atoms with van der Waals surface area (Å²) < 4.78 is 7.05. The normalized spacial score (nSPS) is 14.5. The smallest absolute Gasteiger partial charge is 0.305 e. The monoisotopic (exact) mass is 493 g/mol. The lowest BCUT2D eigenvalue weighted by Gasteiger charge is -2.37. The molecule has 0 radical (unpaired) electrons. The SMILES string of the molecule is COC(=O)CCc1c(C)c(C#N)c2nc3ccccc3n2c1N1CCN(C/C=C/c2ccccc2)CC1. The Morgan fingerprint density at radius 3 is 2.54 bits per heavy atom. The number of rotatable bonds is 7. The van der Waals surface area contributed by atoms with Crippen molar-refractivity contribution in [3.8, 4) is 6.07 Å². The molecule has 188 valence electrons. The number of benzene rings is 2. The molecule has 1 fully saturated rings. The first kappa shape index (κ1) is 24.5. The molecule has 1 aliphatic heterocycles. The molecule has 37 heavy (non-hydrogen) atoms. The summed E-state index contributed by atoms with van der Waals surface area (Å²) in [5.41, 5.74) is 6.16. The molecule has 0 spiro atoms. The third-order valence-corrected chi connectivity index (χ3v) is 7.16. The third kappa shape index (κ3) is 4.93. The fraction of sp³-hybridized carbons (Fsp3) is 0.300. The van der Waals surface area contributed by atoms with E-state index < -0.39 is 0 Å². The van der Waals surface area contributed by atoms with Crippen LogP contribution in [-0.2, 0) is 16.0 Å². The summed E-state index contributed by atoms with van der Waals surface area (Å²) in [6.07, 6.45) is 5.16. The number of nitrogens with zero attached hydrogens (tertiary/aromatic N) is 5. The van der Waals surface area contributed by atoms with Crippen molar-refractivity contribution in [1.82, 2.24) is 14.3 Å². The number of fused-ring (bicyclic) bond motifs is 3. The number of anilines is 1. The van der Waals surface area contributed by atoms with Gasteiger partial charge in [0.2, 0.25) is 0 Å². The van der Waals surface area contributed by atoms with E-state index >= 15 is 0 Å². The van der Waals surface area contributed by atoms with E-state index in [-0.39, 0.29) is 12.4 Å². The van der Waals surface area contributed by atoms with Crippen molar-refractivity contribution in [2.45, 2.75) is 19.8 Å². The van der Waals surface area contributed by atoms with Crippen LogP contribution in [0, 0.1) is 18.3 Å². The van der Waals surface area contributed by atoms with E-state index in [0.29, 0.717) is 17.6 Å². The Morgan fingerprint density at radius 2 is 1.81 bits per heavy atom. The van der Waals surface area contributed by atoms with Crippen LogP contribution in [0.2, 0.25) is 0 Å². The van der Waals surface area contributed by atoms with Crippen LogP contribution in [0.15, 0.2) is 60.7 Å². The molecule has 2 aromatic carbocycles. The molecular weight excluding hydrogens is 462 g/mol. The molecule has 5 rings (SSSR count). The Hall–Kier alpha value is -4.15. The summed E-state index contributed by atoms with van der Waals surface area (Å²) in [5.74, 6) is 0.776. The topological polar surface area (TPSA) is 73.9 Å². The summed E-state index contributed by atoms with van der Waals surface area (Å²) in [6, 6.07) is 20.7. The minimum absolute atomic E-state index is 0.255. The number of pyridine rings is 1. The molecule has 2 aromatic heterocycles. The Morgan fingerprint density at radius 1 is 1.08 bits per heavy atom. The number of hydrogen-bond acceptors (Lipinski definition) is 6. The van der Waals surface area contributed by atoms with Gasteiger partial charge in [-0.3, -0.25) is 14.1 Å². The zero-order valence-corrected chi connectivity index (χ0v) is 21.4. The number of para-hydroxylation sites is 2. The fourth-order valence-electron chi connectivity index (χ4n) is 5.17. The van der Waals surface area contributed by atoms with Crippen LogP contribution in [0.4, 0.5) is 5.82 Å². The van der Waals surface area contributed by atoms with Crippen LogP contribution in [0.3, 0.4) is 0 Å². The van der Waals surface area contributed by atoms with Gasteiger partial charge in [-0.05, 0) is 42.2 Å². The maximum atomic E-state index is 12.1. The number of methoxy groups -OCH3 is 1. The highest BCUT2D eigenvalue weighted by Gasteiger charge is 2.27. The maximum absolute atomic E-state index is 12.1. The predicted molar refractivity (Wildman–Crippen MR) is 147 cm³/mol. The lowest BCUT2D eigenvalue weighted by Crippen LogP contribution is -2.47. The molecule has 7 nitrogen and oxygen atoms in total. The second kappa shape index (κ2) is 10.9. The minimum Gasteiger partial charge on any atom is -0.469 e. The molecule has 0 aliphatic carbocycles. The lowest BCUT2D eigenvalue weighted by molar-refractivity contribution is -0.140. The second-order valence-electron chi connectivity index (χ2n) is 9.35. The second-order valence-corrected chi connectivity index (χ2v) is 9.35. The van der Waals surface area contributed by atoms with Gasteiger partial charge >= 0.3 is 5.97 Å². The summed E-state index contributed by atoms with van der Waals surface area (Å²) in [7, 11) is 1.41. The minimum atomic E-state index is -0.255. The maximum Gasteiger partial charge on any atom is 0.305 e. The van der Waals surface area contributed by atoms with E-state index in [4.69, 9.17) is 9.72 Å². The number of piperazine rings is 1. The predicted octanol–water partition coefficient (Wildman–Crippen LogP) is 4.61. The highest BCUT2D eigenvalue weighted by Crippen LogP contribution is 2.34. The molecule has 0 atom stereocenters. The molecule has 0 N–H and O–H groups in total. The first-order valence-corrected chi connectivity index (χ1v) is 12.7. The van der Waals surface area contributed by atoms with Gasteiger partial charge in [0.05, 0.1) is 23.7 Å². The number of nitriles is 1. The summed E-state index contributed by atoms with van der Waals surface area (Å²) in [5, 5.41) is 10.1. The highest BCUT2D eigenvalue weighted by molar-refractivity contribution is 5.86. The number of carbonyl (C=O) groups is 1. The van der Waals surface area contributed by atoms with Crippen molar-refractivity contribution >= 4 is 34.5 Å². The molecular formula is C30H31N5O2. The molecule has 0 saturated carbocycles. The van der Waals surface area contributed by atoms with Crippen LogP contribution >= 0.6 is 0 Å². The van der Waals surface area contributed by atoms with Gasteiger partial charge in [-0.25, -0.2) is 4.98 Å². The van der Waals surface area contributed by atoms with Gasteiger partial charge in [-0.2, -0.15) is 5.26 Å². The van der Waals surface area contributed by atoms with Gasteiger partial charge in [0.15, 0.2) is 5.65 Å². The van der Waals surface area contributed by atoms with Crippen molar-refractivity contribution < 1.29 is 9.53 Å². The van der Waals surface area contributed by atoms with E-state index in [0.717, 1.165) is 60.7 Å². The van der Waals surface area contributed by atoms with Crippen LogP contribution in [-0.4, -0.2) is 60.1 Å². The Kier molecular flexibility index (Phi) is 7.20. The first-order valence-electron chi connectivity index (χ1n) is 12.7. The molecule has 1 aliphatic rings. The molecule has 3 heterocycles. The zero-order chi connectivity index (χ0) is 25.8. The third-order valence-electron chi connectivity index (χ3n) is 7.16. The van der Waals surface area contributed by atoms with E-state index in [1.165, 1.54) is 12.7 Å². The van der Waals surface area contributed by atoms with Crippen molar-refractivity contribution in [1.29, 1.82) is 5.26 Å². The molecule has 0 bridgehead atoms. The van der Waals surface area contributed by atoms with Gasteiger partial charge < -0.3 is 9.64 Å². The number of imidazole rings is 1. The van der Waals surface area contributed by atoms with E-state index in [1.807, 2.05) is 37.3 Å². The van der Waals surface area contributed by atoms with Crippen molar-refractivity contribution in [2.75, 3.05) is 44.7 Å². The van der Waals surface area contributed by atoms with Crippen LogP contribution in [0.25, 0.3) is 22.8 Å². The number of aromatic nitrogens is 2. The quantitative estimate of drug-likeness (QED) is 0.350. The zero-order valence-electron chi connectivity index (χ0n) is 21.4. The molecule has 0 unspecified atom stereocenters. The standard InChI is InChI=1S/C30H31N5O2/c1-22-24(14-15-28(36)37-2)30(35-27-13-7-6-12-26(27)32-29(35)25(22)21-31)34-19-17-33(18-20-34)16-8-11-23-9-4-3-5-10-23/h3-13H,14-20H2,1-2H3/b11-8+. The molecule has 7 heteroatoms. The Bertz CT molecular complexity index is 1490. The lowest BCUT2D eigenvalue weighted by atomic mass is 9.99. The summed E-state index contributed by atoms with van der Waals surface area (Å²) in [6.45, 7) is 6.40. The number of esters is 1. The van der Waals surface area contributed by atoms with E-state index in [2.05, 4.69) is 56.7 Å². The van der Waals surface area contributed by atoms with Crippen LogP contribution in [0.5, 0.6) is 0 Å². The summed E-state index contributed by atoms with van der Waals surface area (Å²) >= 11 is 0. The number of hydrogen-bond donors (Lipinski definition) is 0. The molecule has 1 saturated heterocycles. The van der Waals surface area contributed by atoms with E-state index in [1.54, 1.807) is 0 Å². The van der Waals surface area contributed by atoms with Gasteiger partial charge in [0.25, 0.3) is 0 Å². The fourth-order valence-corrected chi connectivity index (χ4v) is 5.17. The van der Waals surface area contributed by atoms with Crippen LogP contribution < -0.4 is 4.90 Å². The number of ether oxygens (including phenoxy) is 1. The van der Waals surface area contributed by atoms with Gasteiger partial charge in [0.1, 0.15) is 11.9 Å². The van der Waals surface area contributed by atoms with Crippen molar-refractivity contribution in [3.05, 3.63) is 82.9 Å². The van der Waals surface area contributed by atoms with Crippen LogP contribution in [0.1, 0.15) is 28.7 Å². The van der Waals surface area contributed by atoms with Crippen molar-refractivity contribution in [3.63, 3.8) is 0 Å². The molecule has 0 amide bonds. The van der Waals surface area contributed by atoms with E-state index in [9.17, 15) is 10.1 Å². The van der Waals surface area contributed by atoms with Crippen molar-refractivity contribution in [2.24, 2.45) is 0 Å². The first-order chi connectivity index (χ1) is 18.1. The summed E-state index contributed by atoms with van der Waals surface area (Å²) in [4.78, 5) is 21.8. The van der Waals surface area contributed by atoms with Gasteiger partial charge in [-0.1, -0.05) is 54.6 Å². The Labute approximate surface area is 217 Å². The molecule has 4 aromatic rings. The Balaban J connectivity index is 1.49.